The zero-order valence-electron chi connectivity index (χ0n) is 17.0. The van der Waals surface area contributed by atoms with Crippen LogP contribution >= 0.6 is 0 Å². The van der Waals surface area contributed by atoms with Gasteiger partial charge in [0.25, 0.3) is 0 Å². The fourth-order valence-electron chi connectivity index (χ4n) is 3.51. The highest BCUT2D eigenvalue weighted by molar-refractivity contribution is 5.75. The summed E-state index contributed by atoms with van der Waals surface area (Å²) in [4.78, 5) is 13.5. The molecule has 0 heterocycles. The van der Waals surface area contributed by atoms with Crippen molar-refractivity contribution in [2.24, 2.45) is 11.8 Å². The van der Waals surface area contributed by atoms with E-state index in [9.17, 15) is 4.79 Å². The van der Waals surface area contributed by atoms with Gasteiger partial charge < -0.3 is 4.90 Å². The number of aldehydes is 1. The Hall–Kier alpha value is -1.31. The first-order valence-electron chi connectivity index (χ1n) is 10.5. The van der Waals surface area contributed by atoms with Crippen LogP contribution in [0.2, 0.25) is 0 Å². The molecule has 25 heavy (non-hydrogen) atoms. The van der Waals surface area contributed by atoms with Crippen molar-refractivity contribution in [3.63, 3.8) is 0 Å². The fourth-order valence-corrected chi connectivity index (χ4v) is 3.51. The summed E-state index contributed by atoms with van der Waals surface area (Å²) >= 11 is 0. The van der Waals surface area contributed by atoms with Gasteiger partial charge >= 0.3 is 0 Å². The molecule has 0 N–H and O–H groups in total. The molecule has 2 nitrogen and oxygen atoms in total. The van der Waals surface area contributed by atoms with Gasteiger partial charge in [-0.1, -0.05) is 66.2 Å². The number of rotatable bonds is 14. The molecular weight excluding hydrogens is 306 g/mol. The summed E-state index contributed by atoms with van der Waals surface area (Å²) in [6, 6.07) is 8.16. The van der Waals surface area contributed by atoms with Gasteiger partial charge in [-0.3, -0.25) is 4.79 Å². The van der Waals surface area contributed by atoms with Crippen molar-refractivity contribution < 1.29 is 4.79 Å². The van der Waals surface area contributed by atoms with Gasteiger partial charge in [0, 0.05) is 24.3 Å². The summed E-state index contributed by atoms with van der Waals surface area (Å²) in [5.74, 6) is 1.52. The maximum absolute atomic E-state index is 11.0. The molecular formula is C23H39NO. The maximum atomic E-state index is 11.0. The number of carbonyl (C=O) groups is 1. The predicted molar refractivity (Wildman–Crippen MR) is 111 cm³/mol. The highest BCUT2D eigenvalue weighted by Crippen LogP contribution is 2.24. The van der Waals surface area contributed by atoms with Gasteiger partial charge in [0.2, 0.25) is 0 Å². The monoisotopic (exact) mass is 345 g/mol. The third-order valence-electron chi connectivity index (χ3n) is 5.44. The van der Waals surface area contributed by atoms with E-state index in [4.69, 9.17) is 0 Å². The lowest BCUT2D eigenvalue weighted by molar-refractivity contribution is 0.112. The minimum Gasteiger partial charge on any atom is -0.371 e. The zero-order chi connectivity index (χ0) is 18.5. The molecule has 0 aromatic heterocycles. The van der Waals surface area contributed by atoms with Gasteiger partial charge in [-0.25, -0.2) is 0 Å². The summed E-state index contributed by atoms with van der Waals surface area (Å²) in [6.45, 7) is 11.5. The van der Waals surface area contributed by atoms with Gasteiger partial charge in [-0.15, -0.1) is 0 Å². The first kappa shape index (κ1) is 21.7. The molecule has 0 amide bonds. The Balaban J connectivity index is 2.88. The Morgan fingerprint density at radius 1 is 0.840 bits per heavy atom. The summed E-state index contributed by atoms with van der Waals surface area (Å²) in [5, 5.41) is 0. The SMILES string of the molecule is CCCCC(CC)CN(CC(CC)CCCC)c1ccc(C=O)cc1. The molecule has 0 saturated carbocycles. The lowest BCUT2D eigenvalue weighted by atomic mass is 9.95. The van der Waals surface area contributed by atoms with Gasteiger partial charge in [0.05, 0.1) is 0 Å². The summed E-state index contributed by atoms with van der Waals surface area (Å²) < 4.78 is 0. The van der Waals surface area contributed by atoms with E-state index in [2.05, 4.69) is 44.7 Å². The molecule has 1 rings (SSSR count). The van der Waals surface area contributed by atoms with Crippen molar-refractivity contribution in [1.82, 2.24) is 0 Å². The second-order valence-electron chi connectivity index (χ2n) is 7.45. The van der Waals surface area contributed by atoms with Crippen molar-refractivity contribution in [3.8, 4) is 0 Å². The van der Waals surface area contributed by atoms with Crippen molar-refractivity contribution in [1.29, 1.82) is 0 Å². The number of anilines is 1. The Kier molecular flexibility index (Phi) is 11.3. The number of unbranched alkanes of at least 4 members (excludes halogenated alkanes) is 2. The average Bonchev–Trinajstić information content (AvgIpc) is 2.67. The minimum atomic E-state index is 0.759. The van der Waals surface area contributed by atoms with E-state index >= 15 is 0 Å². The van der Waals surface area contributed by atoms with Crippen LogP contribution in [0.3, 0.4) is 0 Å². The molecule has 2 atom stereocenters. The second kappa shape index (κ2) is 13.0. The second-order valence-corrected chi connectivity index (χ2v) is 7.45. The normalized spacial score (nSPS) is 13.4. The molecule has 0 aliphatic heterocycles. The van der Waals surface area contributed by atoms with E-state index in [1.165, 1.54) is 57.1 Å². The van der Waals surface area contributed by atoms with Crippen LogP contribution in [0.5, 0.6) is 0 Å². The smallest absolute Gasteiger partial charge is 0.150 e. The molecule has 142 valence electrons. The zero-order valence-corrected chi connectivity index (χ0v) is 17.0. The highest BCUT2D eigenvalue weighted by Gasteiger charge is 2.17. The van der Waals surface area contributed by atoms with Crippen LogP contribution in [-0.4, -0.2) is 19.4 Å². The largest absolute Gasteiger partial charge is 0.371 e. The molecule has 2 unspecified atom stereocenters. The third-order valence-corrected chi connectivity index (χ3v) is 5.44. The van der Waals surface area contributed by atoms with Crippen LogP contribution in [-0.2, 0) is 0 Å². The van der Waals surface area contributed by atoms with E-state index in [0.717, 1.165) is 36.8 Å². The van der Waals surface area contributed by atoms with E-state index in [0.29, 0.717) is 0 Å². The molecule has 1 aromatic carbocycles. The minimum absolute atomic E-state index is 0.759. The van der Waals surface area contributed by atoms with E-state index in [1.807, 2.05) is 12.1 Å². The number of hydrogen-bond acceptors (Lipinski definition) is 2. The first-order valence-corrected chi connectivity index (χ1v) is 10.5. The van der Waals surface area contributed by atoms with E-state index < -0.39 is 0 Å². The van der Waals surface area contributed by atoms with Crippen LogP contribution in [0.15, 0.2) is 24.3 Å². The van der Waals surface area contributed by atoms with Crippen LogP contribution in [0.4, 0.5) is 5.69 Å². The summed E-state index contributed by atoms with van der Waals surface area (Å²) in [5.41, 5.74) is 2.04. The molecule has 0 aliphatic carbocycles. The number of nitrogens with zero attached hydrogens (tertiary/aromatic N) is 1. The quantitative estimate of drug-likeness (QED) is 0.348. The molecule has 0 bridgehead atoms. The summed E-state index contributed by atoms with van der Waals surface area (Å²) in [7, 11) is 0. The van der Waals surface area contributed by atoms with Crippen LogP contribution in [0.1, 0.15) is 89.4 Å². The Labute approximate surface area is 156 Å². The molecule has 2 heteroatoms. The van der Waals surface area contributed by atoms with Crippen LogP contribution in [0, 0.1) is 11.8 Å². The third kappa shape index (κ3) is 8.07. The average molecular weight is 346 g/mol. The number of hydrogen-bond donors (Lipinski definition) is 0. The molecule has 0 saturated heterocycles. The molecule has 0 aliphatic rings. The molecule has 0 spiro atoms. The van der Waals surface area contributed by atoms with Gasteiger partial charge in [0.1, 0.15) is 6.29 Å². The fraction of sp³-hybridized carbons (Fsp3) is 0.696. The van der Waals surface area contributed by atoms with Crippen molar-refractivity contribution in [2.45, 2.75) is 79.1 Å². The van der Waals surface area contributed by atoms with Crippen LogP contribution < -0.4 is 4.90 Å². The topological polar surface area (TPSA) is 20.3 Å². The van der Waals surface area contributed by atoms with Gasteiger partial charge in [-0.2, -0.15) is 0 Å². The van der Waals surface area contributed by atoms with Gasteiger partial charge in [-0.05, 0) is 48.9 Å². The highest BCUT2D eigenvalue weighted by atomic mass is 16.1. The number of benzene rings is 1. The van der Waals surface area contributed by atoms with Crippen LogP contribution in [0.25, 0.3) is 0 Å². The summed E-state index contributed by atoms with van der Waals surface area (Å²) in [6.07, 6.45) is 11.3. The Morgan fingerprint density at radius 3 is 1.68 bits per heavy atom. The number of carbonyl (C=O) groups excluding carboxylic acids is 1. The molecule has 0 radical (unpaired) electrons. The maximum Gasteiger partial charge on any atom is 0.150 e. The van der Waals surface area contributed by atoms with E-state index in [-0.39, 0.29) is 0 Å². The van der Waals surface area contributed by atoms with Crippen molar-refractivity contribution >= 4 is 12.0 Å². The predicted octanol–water partition coefficient (Wildman–Crippen LogP) is 6.74. The van der Waals surface area contributed by atoms with E-state index in [1.54, 1.807) is 0 Å². The first-order chi connectivity index (χ1) is 12.2. The van der Waals surface area contributed by atoms with Crippen molar-refractivity contribution in [3.05, 3.63) is 29.8 Å². The lowest BCUT2D eigenvalue weighted by Crippen LogP contribution is -2.34. The standard InChI is InChI=1S/C23H39NO/c1-5-9-11-20(7-3)17-24(18-21(8-4)12-10-6-2)23-15-13-22(19-25)14-16-23/h13-16,19-21H,5-12,17-18H2,1-4H3. The van der Waals surface area contributed by atoms with Gasteiger partial charge in [0.15, 0.2) is 0 Å². The molecule has 1 aromatic rings. The van der Waals surface area contributed by atoms with Crippen molar-refractivity contribution in [2.75, 3.05) is 18.0 Å². The Morgan fingerprint density at radius 2 is 1.32 bits per heavy atom. The Bertz CT molecular complexity index is 436. The molecule has 0 fully saturated rings. The lowest BCUT2D eigenvalue weighted by Gasteiger charge is -2.32.